The lowest BCUT2D eigenvalue weighted by molar-refractivity contribution is 0.332. The van der Waals surface area contributed by atoms with E-state index in [2.05, 4.69) is 16.9 Å². The van der Waals surface area contributed by atoms with Crippen molar-refractivity contribution in [2.45, 2.75) is 35.1 Å². The van der Waals surface area contributed by atoms with Gasteiger partial charge in [0.15, 0.2) is 0 Å². The highest BCUT2D eigenvalue weighted by atomic mass is 32.2. The normalized spacial score (nSPS) is 21.5. The molecule has 146 valence electrons. The van der Waals surface area contributed by atoms with Crippen LogP contribution in [0.15, 0.2) is 52.3 Å². The van der Waals surface area contributed by atoms with Crippen molar-refractivity contribution in [3.05, 3.63) is 53.7 Å². The Balaban J connectivity index is 1.69. The first-order valence-electron chi connectivity index (χ1n) is 9.73. The van der Waals surface area contributed by atoms with Crippen LogP contribution in [-0.2, 0) is 23.3 Å². The zero-order valence-electron chi connectivity index (χ0n) is 16.1. The van der Waals surface area contributed by atoms with Crippen LogP contribution in [0.4, 0.5) is 0 Å². The fourth-order valence-corrected chi connectivity index (χ4v) is 6.14. The lowest BCUT2D eigenvalue weighted by atomic mass is 9.95. The van der Waals surface area contributed by atoms with Crippen molar-refractivity contribution in [3.63, 3.8) is 0 Å². The van der Waals surface area contributed by atoms with Gasteiger partial charge < -0.3 is 14.6 Å². The van der Waals surface area contributed by atoms with E-state index in [1.165, 1.54) is 17.7 Å². The SMILES string of the molecule is COc1cccc(S(=O)(=O)c2ccc3c(c2)c2c(n3C)CC3CCC2NC3)c1. The van der Waals surface area contributed by atoms with E-state index in [0.717, 1.165) is 30.3 Å². The van der Waals surface area contributed by atoms with Crippen LogP contribution in [0.3, 0.4) is 0 Å². The third-order valence-electron chi connectivity index (χ3n) is 6.34. The third kappa shape index (κ3) is 2.58. The summed E-state index contributed by atoms with van der Waals surface area (Å²) < 4.78 is 34.0. The van der Waals surface area contributed by atoms with E-state index in [1.54, 1.807) is 37.4 Å². The van der Waals surface area contributed by atoms with Gasteiger partial charge in [-0.2, -0.15) is 0 Å². The predicted octanol–water partition coefficient (Wildman–Crippen LogP) is 3.62. The minimum Gasteiger partial charge on any atom is -0.497 e. The molecule has 0 amide bonds. The molecule has 0 radical (unpaired) electrons. The molecule has 1 aliphatic carbocycles. The quantitative estimate of drug-likeness (QED) is 0.735. The summed E-state index contributed by atoms with van der Waals surface area (Å²) >= 11 is 0. The van der Waals surface area contributed by atoms with E-state index >= 15 is 0 Å². The van der Waals surface area contributed by atoms with Crippen molar-refractivity contribution in [1.82, 2.24) is 9.88 Å². The lowest BCUT2D eigenvalue weighted by Gasteiger charge is -2.25. The molecule has 6 rings (SSSR count). The Bertz CT molecular complexity index is 1170. The van der Waals surface area contributed by atoms with E-state index in [4.69, 9.17) is 4.74 Å². The van der Waals surface area contributed by atoms with Gasteiger partial charge in [0, 0.05) is 29.7 Å². The number of hydrogen-bond acceptors (Lipinski definition) is 4. The Morgan fingerprint density at radius 1 is 1.11 bits per heavy atom. The molecule has 5 nitrogen and oxygen atoms in total. The molecule has 0 saturated carbocycles. The van der Waals surface area contributed by atoms with E-state index in [1.807, 2.05) is 12.1 Å². The van der Waals surface area contributed by atoms with Crippen LogP contribution in [0, 0.1) is 5.92 Å². The second-order valence-corrected chi connectivity index (χ2v) is 9.84. The van der Waals surface area contributed by atoms with Gasteiger partial charge in [-0.1, -0.05) is 6.07 Å². The Hall–Kier alpha value is -2.31. The van der Waals surface area contributed by atoms with Crippen molar-refractivity contribution in [1.29, 1.82) is 0 Å². The average Bonchev–Trinajstić information content (AvgIpc) is 2.87. The maximum absolute atomic E-state index is 13.3. The number of benzene rings is 2. The van der Waals surface area contributed by atoms with Crippen LogP contribution in [0.25, 0.3) is 10.9 Å². The number of ether oxygens (including phenoxy) is 1. The highest BCUT2D eigenvalue weighted by Gasteiger charge is 2.33. The standard InChI is InChI=1S/C22H24N2O3S/c1-24-20-9-7-17(28(25,26)16-5-3-4-15(11-16)27-2)12-18(20)22-19-8-6-14(13-23-19)10-21(22)24/h3-5,7,9,11-12,14,19,23H,6,8,10,13H2,1-2H3. The molecule has 3 aromatic rings. The monoisotopic (exact) mass is 396 g/mol. The van der Waals surface area contributed by atoms with Crippen LogP contribution in [0.5, 0.6) is 5.75 Å². The van der Waals surface area contributed by atoms with E-state index in [-0.39, 0.29) is 4.90 Å². The average molecular weight is 397 g/mol. The van der Waals surface area contributed by atoms with E-state index in [0.29, 0.717) is 22.6 Å². The molecule has 3 heterocycles. The Morgan fingerprint density at radius 2 is 1.93 bits per heavy atom. The molecule has 2 bridgehead atoms. The second kappa shape index (κ2) is 6.36. The molecular formula is C22H24N2O3S. The number of fused-ring (bicyclic) bond motifs is 3. The first kappa shape index (κ1) is 17.8. The van der Waals surface area contributed by atoms with Crippen molar-refractivity contribution >= 4 is 20.7 Å². The van der Waals surface area contributed by atoms with Crippen molar-refractivity contribution < 1.29 is 13.2 Å². The molecule has 1 N–H and O–H groups in total. The van der Waals surface area contributed by atoms with Gasteiger partial charge in [-0.05, 0) is 73.7 Å². The van der Waals surface area contributed by atoms with E-state index < -0.39 is 9.84 Å². The molecule has 1 fully saturated rings. The molecule has 2 unspecified atom stereocenters. The smallest absolute Gasteiger partial charge is 0.206 e. The largest absolute Gasteiger partial charge is 0.497 e. The molecule has 28 heavy (non-hydrogen) atoms. The Kier molecular flexibility index (Phi) is 4.03. The highest BCUT2D eigenvalue weighted by Crippen LogP contribution is 2.41. The van der Waals surface area contributed by atoms with Gasteiger partial charge >= 0.3 is 0 Å². The molecule has 1 aromatic heterocycles. The number of hydrogen-bond donors (Lipinski definition) is 1. The minimum atomic E-state index is -3.61. The van der Waals surface area contributed by atoms with Crippen molar-refractivity contribution in [2.75, 3.05) is 13.7 Å². The topological polar surface area (TPSA) is 60.3 Å². The third-order valence-corrected chi connectivity index (χ3v) is 8.09. The van der Waals surface area contributed by atoms with Crippen LogP contribution < -0.4 is 10.1 Å². The zero-order valence-corrected chi connectivity index (χ0v) is 16.9. The van der Waals surface area contributed by atoms with Gasteiger partial charge in [0.1, 0.15) is 5.75 Å². The lowest BCUT2D eigenvalue weighted by Crippen LogP contribution is -2.30. The van der Waals surface area contributed by atoms with Crippen LogP contribution in [-0.4, -0.2) is 26.6 Å². The molecular weight excluding hydrogens is 372 g/mol. The van der Waals surface area contributed by atoms with Gasteiger partial charge in [-0.3, -0.25) is 0 Å². The van der Waals surface area contributed by atoms with E-state index in [9.17, 15) is 8.42 Å². The van der Waals surface area contributed by atoms with Gasteiger partial charge in [-0.15, -0.1) is 0 Å². The van der Waals surface area contributed by atoms with Crippen LogP contribution in [0.2, 0.25) is 0 Å². The minimum absolute atomic E-state index is 0.257. The summed E-state index contributed by atoms with van der Waals surface area (Å²) in [6.07, 6.45) is 3.40. The first-order chi connectivity index (χ1) is 13.5. The molecule has 2 aliphatic heterocycles. The van der Waals surface area contributed by atoms with Crippen LogP contribution >= 0.6 is 0 Å². The molecule has 2 aromatic carbocycles. The molecule has 2 atom stereocenters. The number of aromatic nitrogens is 1. The first-order valence-corrected chi connectivity index (χ1v) is 11.2. The zero-order chi connectivity index (χ0) is 19.5. The number of aryl methyl sites for hydroxylation is 1. The number of nitrogens with zero attached hydrogens (tertiary/aromatic N) is 1. The van der Waals surface area contributed by atoms with Gasteiger partial charge in [0.25, 0.3) is 0 Å². The Morgan fingerprint density at radius 3 is 2.68 bits per heavy atom. The number of nitrogens with one attached hydrogen (secondary N) is 1. The Labute approximate surface area is 165 Å². The summed E-state index contributed by atoms with van der Waals surface area (Å²) in [6, 6.07) is 12.5. The van der Waals surface area contributed by atoms with Crippen molar-refractivity contribution in [3.8, 4) is 5.75 Å². The van der Waals surface area contributed by atoms with Gasteiger partial charge in [0.05, 0.1) is 16.9 Å². The highest BCUT2D eigenvalue weighted by molar-refractivity contribution is 7.91. The van der Waals surface area contributed by atoms with Gasteiger partial charge in [-0.25, -0.2) is 8.42 Å². The second-order valence-electron chi connectivity index (χ2n) is 7.89. The maximum Gasteiger partial charge on any atom is 0.206 e. The fraction of sp³-hybridized carbons (Fsp3) is 0.364. The van der Waals surface area contributed by atoms with Gasteiger partial charge in [0.2, 0.25) is 9.84 Å². The predicted molar refractivity (Wildman–Crippen MR) is 109 cm³/mol. The van der Waals surface area contributed by atoms with Crippen LogP contribution in [0.1, 0.15) is 30.1 Å². The summed E-state index contributed by atoms with van der Waals surface area (Å²) in [6.45, 7) is 1.04. The molecule has 3 aliphatic rings. The summed E-state index contributed by atoms with van der Waals surface area (Å²) in [5, 5.41) is 4.73. The fourth-order valence-electron chi connectivity index (χ4n) is 4.82. The summed E-state index contributed by atoms with van der Waals surface area (Å²) in [7, 11) is 0.0271. The molecule has 6 heteroatoms. The number of piperidine rings is 1. The number of sulfone groups is 1. The maximum atomic E-state index is 13.3. The number of rotatable bonds is 3. The summed E-state index contributed by atoms with van der Waals surface area (Å²) in [5.41, 5.74) is 3.74. The summed E-state index contributed by atoms with van der Waals surface area (Å²) in [5.74, 6) is 1.21. The van der Waals surface area contributed by atoms with Crippen molar-refractivity contribution in [2.24, 2.45) is 13.0 Å². The molecule has 1 saturated heterocycles. The summed E-state index contributed by atoms with van der Waals surface area (Å²) in [4.78, 5) is 0.590. The molecule has 0 spiro atoms. The number of methoxy groups -OCH3 is 1.